The maximum atomic E-state index is 13.4. The summed E-state index contributed by atoms with van der Waals surface area (Å²) < 4.78 is 39.4. The summed E-state index contributed by atoms with van der Waals surface area (Å²) in [4.78, 5) is 11.7. The van der Waals surface area contributed by atoms with E-state index in [1.54, 1.807) is 13.0 Å². The molecular formula is C15H13F3N2O. The third-order valence-corrected chi connectivity index (χ3v) is 2.84. The highest BCUT2D eigenvalue weighted by Gasteiger charge is 2.09. The van der Waals surface area contributed by atoms with E-state index < -0.39 is 23.4 Å². The van der Waals surface area contributed by atoms with Gasteiger partial charge in [-0.1, -0.05) is 6.07 Å². The van der Waals surface area contributed by atoms with E-state index in [0.717, 1.165) is 23.8 Å². The van der Waals surface area contributed by atoms with Crippen molar-refractivity contribution < 1.29 is 18.0 Å². The number of halogens is 3. The van der Waals surface area contributed by atoms with Gasteiger partial charge in [-0.25, -0.2) is 13.2 Å². The van der Waals surface area contributed by atoms with Crippen molar-refractivity contribution in [1.82, 2.24) is 0 Å². The highest BCUT2D eigenvalue weighted by atomic mass is 19.1. The van der Waals surface area contributed by atoms with Gasteiger partial charge in [-0.05, 0) is 36.8 Å². The lowest BCUT2D eigenvalue weighted by Crippen LogP contribution is -2.22. The SMILES string of the molecule is Cc1ccc(F)cc1NCC(=O)Nc1cc(F)ccc1F. The number of nitrogens with one attached hydrogen (secondary N) is 2. The molecule has 0 aliphatic carbocycles. The number of benzene rings is 2. The molecule has 2 aromatic rings. The van der Waals surface area contributed by atoms with Crippen LogP contribution in [0.5, 0.6) is 0 Å². The molecule has 0 radical (unpaired) electrons. The molecule has 0 saturated heterocycles. The Balaban J connectivity index is 1.99. The van der Waals surface area contributed by atoms with Gasteiger partial charge in [0.2, 0.25) is 5.91 Å². The Kier molecular flexibility index (Phi) is 4.47. The fraction of sp³-hybridized carbons (Fsp3) is 0.133. The number of hydrogen-bond donors (Lipinski definition) is 2. The summed E-state index contributed by atoms with van der Waals surface area (Å²) in [5.41, 5.74) is 0.990. The summed E-state index contributed by atoms with van der Waals surface area (Å²) >= 11 is 0. The number of anilines is 2. The third-order valence-electron chi connectivity index (χ3n) is 2.84. The minimum absolute atomic E-state index is 0.194. The molecule has 0 bridgehead atoms. The minimum Gasteiger partial charge on any atom is -0.376 e. The molecule has 2 rings (SSSR count). The molecular weight excluding hydrogens is 281 g/mol. The van der Waals surface area contributed by atoms with E-state index in [1.165, 1.54) is 12.1 Å². The van der Waals surface area contributed by atoms with Gasteiger partial charge < -0.3 is 10.6 Å². The number of hydrogen-bond acceptors (Lipinski definition) is 2. The Morgan fingerprint density at radius 1 is 1.00 bits per heavy atom. The van der Waals surface area contributed by atoms with E-state index in [0.29, 0.717) is 5.69 Å². The van der Waals surface area contributed by atoms with Crippen LogP contribution in [0.25, 0.3) is 0 Å². The summed E-state index contributed by atoms with van der Waals surface area (Å²) in [6, 6.07) is 6.91. The molecule has 0 heterocycles. The largest absolute Gasteiger partial charge is 0.376 e. The Bertz CT molecular complexity index is 674. The maximum Gasteiger partial charge on any atom is 0.243 e. The summed E-state index contributed by atoms with van der Waals surface area (Å²) in [7, 11) is 0. The van der Waals surface area contributed by atoms with E-state index in [4.69, 9.17) is 0 Å². The number of carbonyl (C=O) groups is 1. The third kappa shape index (κ3) is 3.98. The topological polar surface area (TPSA) is 41.1 Å². The summed E-state index contributed by atoms with van der Waals surface area (Å²) in [5.74, 6) is -2.38. The minimum atomic E-state index is -0.730. The maximum absolute atomic E-state index is 13.4. The molecule has 0 aromatic heterocycles. The van der Waals surface area contributed by atoms with Crippen LogP contribution in [0.1, 0.15) is 5.56 Å². The highest BCUT2D eigenvalue weighted by Crippen LogP contribution is 2.17. The van der Waals surface area contributed by atoms with Crippen LogP contribution in [-0.4, -0.2) is 12.5 Å². The van der Waals surface area contributed by atoms with Crippen LogP contribution in [0.3, 0.4) is 0 Å². The fourth-order valence-corrected chi connectivity index (χ4v) is 1.75. The number of aryl methyl sites for hydroxylation is 1. The predicted molar refractivity (Wildman–Crippen MR) is 74.6 cm³/mol. The van der Waals surface area contributed by atoms with Gasteiger partial charge in [0, 0.05) is 11.8 Å². The molecule has 0 saturated carbocycles. The smallest absolute Gasteiger partial charge is 0.243 e. The number of carbonyl (C=O) groups excluding carboxylic acids is 1. The Morgan fingerprint density at radius 2 is 1.62 bits per heavy atom. The second-order valence-corrected chi connectivity index (χ2v) is 4.49. The molecule has 0 atom stereocenters. The van der Waals surface area contributed by atoms with Crippen LogP contribution in [0, 0.1) is 24.4 Å². The van der Waals surface area contributed by atoms with Gasteiger partial charge >= 0.3 is 0 Å². The molecule has 0 aliphatic rings. The normalized spacial score (nSPS) is 10.3. The van der Waals surface area contributed by atoms with Crippen molar-refractivity contribution in [1.29, 1.82) is 0 Å². The first-order valence-electron chi connectivity index (χ1n) is 6.20. The molecule has 1 amide bonds. The lowest BCUT2D eigenvalue weighted by atomic mass is 10.2. The highest BCUT2D eigenvalue weighted by molar-refractivity contribution is 5.93. The van der Waals surface area contributed by atoms with Crippen molar-refractivity contribution in [3.8, 4) is 0 Å². The molecule has 6 heteroatoms. The molecule has 0 aliphatic heterocycles. The van der Waals surface area contributed by atoms with Crippen LogP contribution in [-0.2, 0) is 4.79 Å². The van der Waals surface area contributed by atoms with Crippen molar-refractivity contribution in [3.05, 3.63) is 59.4 Å². The van der Waals surface area contributed by atoms with Crippen LogP contribution >= 0.6 is 0 Å². The van der Waals surface area contributed by atoms with E-state index in [1.807, 2.05) is 0 Å². The van der Waals surface area contributed by atoms with Crippen LogP contribution in [0.2, 0.25) is 0 Å². The lowest BCUT2D eigenvalue weighted by molar-refractivity contribution is -0.114. The van der Waals surface area contributed by atoms with Gasteiger partial charge in [-0.2, -0.15) is 0 Å². The summed E-state index contributed by atoms with van der Waals surface area (Å²) in [6.45, 7) is 1.56. The average Bonchev–Trinajstić information content (AvgIpc) is 2.44. The van der Waals surface area contributed by atoms with Gasteiger partial charge in [0.1, 0.15) is 17.5 Å². The second-order valence-electron chi connectivity index (χ2n) is 4.49. The zero-order chi connectivity index (χ0) is 15.4. The van der Waals surface area contributed by atoms with Gasteiger partial charge in [0.15, 0.2) is 0 Å². The zero-order valence-corrected chi connectivity index (χ0v) is 11.2. The number of amides is 1. The van der Waals surface area contributed by atoms with Crippen LogP contribution in [0.15, 0.2) is 36.4 Å². The van der Waals surface area contributed by atoms with E-state index in [2.05, 4.69) is 10.6 Å². The van der Waals surface area contributed by atoms with E-state index in [-0.39, 0.29) is 12.2 Å². The quantitative estimate of drug-likeness (QED) is 0.906. The molecule has 0 spiro atoms. The van der Waals surface area contributed by atoms with Crippen LogP contribution in [0.4, 0.5) is 24.5 Å². The first kappa shape index (κ1) is 14.9. The van der Waals surface area contributed by atoms with Gasteiger partial charge in [-0.3, -0.25) is 4.79 Å². The van der Waals surface area contributed by atoms with Crippen molar-refractivity contribution in [3.63, 3.8) is 0 Å². The average molecular weight is 294 g/mol. The molecule has 3 nitrogen and oxygen atoms in total. The van der Waals surface area contributed by atoms with Crippen molar-refractivity contribution in [2.24, 2.45) is 0 Å². The molecule has 2 aromatic carbocycles. The predicted octanol–water partition coefficient (Wildman–Crippen LogP) is 3.46. The van der Waals surface area contributed by atoms with Crippen molar-refractivity contribution in [2.45, 2.75) is 6.92 Å². The summed E-state index contributed by atoms with van der Waals surface area (Å²) in [6.07, 6.45) is 0. The van der Waals surface area contributed by atoms with Gasteiger partial charge in [0.05, 0.1) is 12.2 Å². The Morgan fingerprint density at radius 3 is 2.33 bits per heavy atom. The fourth-order valence-electron chi connectivity index (χ4n) is 1.75. The Hall–Kier alpha value is -2.50. The van der Waals surface area contributed by atoms with Gasteiger partial charge in [-0.15, -0.1) is 0 Å². The van der Waals surface area contributed by atoms with Crippen molar-refractivity contribution >= 4 is 17.3 Å². The Labute approximate surface area is 119 Å². The van der Waals surface area contributed by atoms with Gasteiger partial charge in [0.25, 0.3) is 0 Å². The molecule has 0 fully saturated rings. The molecule has 0 unspecified atom stereocenters. The van der Waals surface area contributed by atoms with Crippen LogP contribution < -0.4 is 10.6 Å². The molecule has 2 N–H and O–H groups in total. The van der Waals surface area contributed by atoms with Crippen molar-refractivity contribution in [2.75, 3.05) is 17.2 Å². The second kappa shape index (κ2) is 6.30. The number of rotatable bonds is 4. The first-order chi connectivity index (χ1) is 9.95. The standard InChI is InChI=1S/C15H13F3N2O/c1-9-2-3-10(16)6-13(9)19-8-15(21)20-14-7-11(17)4-5-12(14)18/h2-7,19H,8H2,1H3,(H,20,21). The van der Waals surface area contributed by atoms with E-state index in [9.17, 15) is 18.0 Å². The van der Waals surface area contributed by atoms with E-state index >= 15 is 0 Å². The lowest BCUT2D eigenvalue weighted by Gasteiger charge is -2.10. The first-order valence-corrected chi connectivity index (χ1v) is 6.20. The molecule has 21 heavy (non-hydrogen) atoms. The monoisotopic (exact) mass is 294 g/mol. The zero-order valence-electron chi connectivity index (χ0n) is 11.2. The molecule has 110 valence electrons. The summed E-state index contributed by atoms with van der Waals surface area (Å²) in [5, 5.41) is 4.98.